The molecule has 5 heteroatoms. The lowest BCUT2D eigenvalue weighted by molar-refractivity contribution is -0.124. The van der Waals surface area contributed by atoms with Crippen LogP contribution in [-0.4, -0.2) is 48.1 Å². The number of hydrogen-bond donors (Lipinski definition) is 3. The summed E-state index contributed by atoms with van der Waals surface area (Å²) in [6, 6.07) is 0. The lowest BCUT2D eigenvalue weighted by Crippen LogP contribution is -2.53. The fraction of sp³-hybridized carbons (Fsp3) is 0.909. The van der Waals surface area contributed by atoms with Gasteiger partial charge < -0.3 is 20.3 Å². The van der Waals surface area contributed by atoms with Crippen molar-refractivity contribution in [1.82, 2.24) is 5.32 Å². The van der Waals surface area contributed by atoms with Gasteiger partial charge in [0, 0.05) is 19.6 Å². The maximum Gasteiger partial charge on any atom is 0.220 e. The Morgan fingerprint density at radius 2 is 1.94 bits per heavy atom. The van der Waals surface area contributed by atoms with Crippen LogP contribution in [0.2, 0.25) is 0 Å². The number of aliphatic hydroxyl groups is 2. The fourth-order valence-electron chi connectivity index (χ4n) is 1.28. The monoisotopic (exact) mass is 233 g/mol. The van der Waals surface area contributed by atoms with E-state index >= 15 is 0 Å². The van der Waals surface area contributed by atoms with Gasteiger partial charge in [-0.25, -0.2) is 0 Å². The molecule has 1 amide bonds. The van der Waals surface area contributed by atoms with Gasteiger partial charge in [-0.05, 0) is 19.8 Å². The Balaban J connectivity index is 3.91. The van der Waals surface area contributed by atoms with Crippen LogP contribution >= 0.6 is 0 Å². The summed E-state index contributed by atoms with van der Waals surface area (Å²) >= 11 is 0. The quantitative estimate of drug-likeness (QED) is 0.492. The molecule has 0 heterocycles. The molecule has 0 fully saturated rings. The Morgan fingerprint density at radius 1 is 1.31 bits per heavy atom. The van der Waals surface area contributed by atoms with Gasteiger partial charge in [-0.2, -0.15) is 0 Å². The lowest BCUT2D eigenvalue weighted by atomic mass is 9.98. The molecule has 0 aliphatic rings. The second kappa shape index (κ2) is 8.50. The summed E-state index contributed by atoms with van der Waals surface area (Å²) in [7, 11) is 0. The zero-order chi connectivity index (χ0) is 12.4. The van der Waals surface area contributed by atoms with Crippen LogP contribution in [0, 0.1) is 0 Å². The highest BCUT2D eigenvalue weighted by Crippen LogP contribution is 2.08. The van der Waals surface area contributed by atoms with Gasteiger partial charge in [0.15, 0.2) is 0 Å². The molecule has 96 valence electrons. The SMILES string of the molecule is CCOCCCC(=O)NC(CC)(CO)CO. The largest absolute Gasteiger partial charge is 0.394 e. The van der Waals surface area contributed by atoms with Crippen molar-refractivity contribution in [2.75, 3.05) is 26.4 Å². The maximum atomic E-state index is 11.5. The van der Waals surface area contributed by atoms with Gasteiger partial charge >= 0.3 is 0 Å². The molecule has 0 aliphatic carbocycles. The van der Waals surface area contributed by atoms with E-state index in [1.54, 1.807) is 0 Å². The molecule has 0 spiro atoms. The molecule has 0 radical (unpaired) electrons. The van der Waals surface area contributed by atoms with E-state index in [-0.39, 0.29) is 19.1 Å². The Morgan fingerprint density at radius 3 is 2.38 bits per heavy atom. The number of amides is 1. The summed E-state index contributed by atoms with van der Waals surface area (Å²) in [6.45, 7) is 4.41. The Labute approximate surface area is 96.8 Å². The van der Waals surface area contributed by atoms with Crippen molar-refractivity contribution in [1.29, 1.82) is 0 Å². The first kappa shape index (κ1) is 15.3. The topological polar surface area (TPSA) is 78.8 Å². The normalized spacial score (nSPS) is 11.5. The molecule has 0 aromatic carbocycles. The molecule has 0 saturated heterocycles. The highest BCUT2D eigenvalue weighted by molar-refractivity contribution is 5.76. The Hall–Kier alpha value is -0.650. The fourth-order valence-corrected chi connectivity index (χ4v) is 1.28. The second-order valence-corrected chi connectivity index (χ2v) is 3.80. The molecular weight excluding hydrogens is 210 g/mol. The van der Waals surface area contributed by atoms with E-state index < -0.39 is 5.54 Å². The molecule has 0 unspecified atom stereocenters. The number of nitrogens with one attached hydrogen (secondary N) is 1. The summed E-state index contributed by atoms with van der Waals surface area (Å²) in [5.41, 5.74) is -0.886. The van der Waals surface area contributed by atoms with Crippen LogP contribution in [0.15, 0.2) is 0 Å². The summed E-state index contributed by atoms with van der Waals surface area (Å²) < 4.78 is 5.11. The van der Waals surface area contributed by atoms with Crippen LogP contribution in [-0.2, 0) is 9.53 Å². The summed E-state index contributed by atoms with van der Waals surface area (Å²) in [6.07, 6.45) is 1.50. The van der Waals surface area contributed by atoms with E-state index in [1.807, 2.05) is 13.8 Å². The van der Waals surface area contributed by atoms with Crippen molar-refractivity contribution >= 4 is 5.91 Å². The minimum absolute atomic E-state index is 0.162. The smallest absolute Gasteiger partial charge is 0.220 e. The van der Waals surface area contributed by atoms with E-state index in [4.69, 9.17) is 14.9 Å². The lowest BCUT2D eigenvalue weighted by Gasteiger charge is -2.29. The number of carbonyl (C=O) groups excluding carboxylic acids is 1. The van der Waals surface area contributed by atoms with E-state index in [9.17, 15) is 4.79 Å². The van der Waals surface area contributed by atoms with E-state index in [0.717, 1.165) is 0 Å². The number of rotatable bonds is 9. The molecule has 3 N–H and O–H groups in total. The summed E-state index contributed by atoms with van der Waals surface area (Å²) in [5, 5.41) is 20.9. The Bertz CT molecular complexity index is 184. The molecule has 0 aromatic heterocycles. The van der Waals surface area contributed by atoms with Crippen LogP contribution in [0.4, 0.5) is 0 Å². The zero-order valence-electron chi connectivity index (χ0n) is 10.2. The third kappa shape index (κ3) is 5.44. The molecule has 0 bridgehead atoms. The Kier molecular flexibility index (Phi) is 8.15. The molecular formula is C11H23NO4. The summed E-state index contributed by atoms with van der Waals surface area (Å²) in [4.78, 5) is 11.5. The van der Waals surface area contributed by atoms with Crippen LogP contribution in [0.25, 0.3) is 0 Å². The maximum absolute atomic E-state index is 11.5. The molecule has 16 heavy (non-hydrogen) atoms. The van der Waals surface area contributed by atoms with E-state index in [0.29, 0.717) is 32.5 Å². The van der Waals surface area contributed by atoms with Crippen LogP contribution in [0.3, 0.4) is 0 Å². The van der Waals surface area contributed by atoms with Gasteiger partial charge in [0.1, 0.15) is 0 Å². The first-order valence-electron chi connectivity index (χ1n) is 5.74. The summed E-state index contributed by atoms with van der Waals surface area (Å²) in [5.74, 6) is -0.162. The number of ether oxygens (including phenoxy) is 1. The van der Waals surface area contributed by atoms with Gasteiger partial charge in [0.2, 0.25) is 5.91 Å². The van der Waals surface area contributed by atoms with Crippen molar-refractivity contribution in [3.8, 4) is 0 Å². The predicted molar refractivity (Wildman–Crippen MR) is 61.1 cm³/mol. The number of carbonyl (C=O) groups is 1. The molecule has 0 aliphatic heterocycles. The van der Waals surface area contributed by atoms with Crippen LogP contribution in [0.5, 0.6) is 0 Å². The third-order valence-electron chi connectivity index (χ3n) is 2.58. The minimum atomic E-state index is -0.886. The zero-order valence-corrected chi connectivity index (χ0v) is 10.2. The second-order valence-electron chi connectivity index (χ2n) is 3.80. The number of aliphatic hydroxyl groups excluding tert-OH is 2. The minimum Gasteiger partial charge on any atom is -0.394 e. The first-order valence-corrected chi connectivity index (χ1v) is 5.74. The van der Waals surface area contributed by atoms with Gasteiger partial charge in [-0.1, -0.05) is 6.92 Å². The van der Waals surface area contributed by atoms with Gasteiger partial charge in [-0.3, -0.25) is 4.79 Å². The van der Waals surface area contributed by atoms with Gasteiger partial charge in [-0.15, -0.1) is 0 Å². The third-order valence-corrected chi connectivity index (χ3v) is 2.58. The van der Waals surface area contributed by atoms with Crippen molar-refractivity contribution in [2.45, 2.75) is 38.6 Å². The van der Waals surface area contributed by atoms with E-state index in [1.165, 1.54) is 0 Å². The van der Waals surface area contributed by atoms with E-state index in [2.05, 4.69) is 5.32 Å². The van der Waals surface area contributed by atoms with Gasteiger partial charge in [0.25, 0.3) is 0 Å². The van der Waals surface area contributed by atoms with Crippen LogP contribution < -0.4 is 5.32 Å². The molecule has 0 atom stereocenters. The molecule has 5 nitrogen and oxygen atoms in total. The average Bonchev–Trinajstić information content (AvgIpc) is 2.32. The molecule has 0 aromatic rings. The predicted octanol–water partition coefficient (Wildman–Crippen LogP) is 0.0527. The highest BCUT2D eigenvalue weighted by Gasteiger charge is 2.27. The average molecular weight is 233 g/mol. The first-order chi connectivity index (χ1) is 7.64. The molecule has 0 saturated carbocycles. The van der Waals surface area contributed by atoms with Crippen molar-refractivity contribution < 1.29 is 19.7 Å². The van der Waals surface area contributed by atoms with Crippen molar-refractivity contribution in [3.63, 3.8) is 0 Å². The number of hydrogen-bond acceptors (Lipinski definition) is 4. The molecule has 0 rings (SSSR count). The van der Waals surface area contributed by atoms with Gasteiger partial charge in [0.05, 0.1) is 18.8 Å². The highest BCUT2D eigenvalue weighted by atomic mass is 16.5. The van der Waals surface area contributed by atoms with Crippen molar-refractivity contribution in [2.24, 2.45) is 0 Å². The van der Waals surface area contributed by atoms with Crippen molar-refractivity contribution in [3.05, 3.63) is 0 Å². The van der Waals surface area contributed by atoms with Crippen LogP contribution in [0.1, 0.15) is 33.1 Å². The standard InChI is InChI=1S/C11H23NO4/c1-3-11(8-13,9-14)12-10(15)6-5-7-16-4-2/h13-14H,3-9H2,1-2H3,(H,12,15).